The molecular weight excluding hydrogens is 360 g/mol. The van der Waals surface area contributed by atoms with Crippen LogP contribution in [0.15, 0.2) is 41.3 Å². The van der Waals surface area contributed by atoms with Gasteiger partial charge in [-0.05, 0) is 62.2 Å². The van der Waals surface area contributed by atoms with Gasteiger partial charge >= 0.3 is 0 Å². The van der Waals surface area contributed by atoms with E-state index in [1.807, 2.05) is 32.9 Å². The van der Waals surface area contributed by atoms with Crippen LogP contribution in [0, 0.1) is 20.8 Å². The zero-order valence-corrected chi connectivity index (χ0v) is 16.7. The van der Waals surface area contributed by atoms with E-state index in [9.17, 15) is 8.42 Å². The maximum Gasteiger partial charge on any atom is 0.243 e. The summed E-state index contributed by atoms with van der Waals surface area (Å²) in [6.45, 7) is 8.17. The molecule has 1 saturated heterocycles. The fourth-order valence-electron chi connectivity index (χ4n) is 3.53. The second-order valence-corrected chi connectivity index (χ2v) is 9.10. The van der Waals surface area contributed by atoms with Crippen molar-refractivity contribution in [2.45, 2.75) is 25.7 Å². The van der Waals surface area contributed by atoms with E-state index in [1.165, 1.54) is 0 Å². The third-order valence-electron chi connectivity index (χ3n) is 5.30. The number of aromatic amines is 1. The van der Waals surface area contributed by atoms with Crippen LogP contribution in [0.5, 0.6) is 0 Å². The monoisotopic (exact) mass is 384 g/mol. The van der Waals surface area contributed by atoms with Crippen LogP contribution in [0.1, 0.15) is 17.0 Å². The molecule has 1 aliphatic rings. The molecule has 0 spiro atoms. The van der Waals surface area contributed by atoms with E-state index in [2.05, 4.69) is 27.0 Å². The molecule has 0 unspecified atom stereocenters. The Hall–Kier alpha value is -2.38. The van der Waals surface area contributed by atoms with Crippen LogP contribution in [0.2, 0.25) is 0 Å². The quantitative estimate of drug-likeness (QED) is 0.754. The Morgan fingerprint density at radius 1 is 0.926 bits per heavy atom. The highest BCUT2D eigenvalue weighted by Crippen LogP contribution is 2.25. The van der Waals surface area contributed by atoms with E-state index >= 15 is 0 Å². The highest BCUT2D eigenvalue weighted by atomic mass is 32.2. The first-order valence-electron chi connectivity index (χ1n) is 9.13. The standard InChI is InChI=1S/C20H24N4O2S/c1-14-4-6-18(12-15(14)2)27(25,26)24-10-8-23(9-11-24)17-5-7-19-20(13-17)22-16(3)21-19/h4-7,12-13H,8-11H2,1-3H3,(H,21,22). The van der Waals surface area contributed by atoms with Gasteiger partial charge in [0.05, 0.1) is 15.9 Å². The van der Waals surface area contributed by atoms with Gasteiger partial charge in [0.1, 0.15) is 5.82 Å². The van der Waals surface area contributed by atoms with Crippen molar-refractivity contribution in [2.24, 2.45) is 0 Å². The molecule has 142 valence electrons. The molecule has 7 heteroatoms. The molecule has 1 fully saturated rings. The molecule has 1 N–H and O–H groups in total. The Kier molecular flexibility index (Phi) is 4.44. The zero-order valence-electron chi connectivity index (χ0n) is 15.9. The molecule has 3 aromatic rings. The number of hydrogen-bond acceptors (Lipinski definition) is 4. The largest absolute Gasteiger partial charge is 0.369 e. The number of hydrogen-bond donors (Lipinski definition) is 1. The normalized spacial score (nSPS) is 16.2. The molecule has 0 bridgehead atoms. The summed E-state index contributed by atoms with van der Waals surface area (Å²) < 4.78 is 27.5. The molecule has 1 aromatic heterocycles. The van der Waals surface area contributed by atoms with Gasteiger partial charge < -0.3 is 9.88 Å². The average molecular weight is 385 g/mol. The lowest BCUT2D eigenvalue weighted by atomic mass is 10.1. The number of aromatic nitrogens is 2. The third-order valence-corrected chi connectivity index (χ3v) is 7.20. The molecule has 2 heterocycles. The minimum Gasteiger partial charge on any atom is -0.369 e. The summed E-state index contributed by atoms with van der Waals surface area (Å²) in [6.07, 6.45) is 0. The molecule has 1 aliphatic heterocycles. The molecule has 27 heavy (non-hydrogen) atoms. The molecule has 0 saturated carbocycles. The summed E-state index contributed by atoms with van der Waals surface area (Å²) in [7, 11) is -3.45. The Balaban J connectivity index is 1.51. The van der Waals surface area contributed by atoms with Crippen molar-refractivity contribution in [3.05, 3.63) is 53.3 Å². The zero-order chi connectivity index (χ0) is 19.2. The van der Waals surface area contributed by atoms with Crippen LogP contribution >= 0.6 is 0 Å². The number of aryl methyl sites for hydroxylation is 3. The maximum absolute atomic E-state index is 13.0. The van der Waals surface area contributed by atoms with Crippen molar-refractivity contribution in [1.82, 2.24) is 14.3 Å². The molecule has 4 rings (SSSR count). The Labute approximate surface area is 159 Å². The molecule has 0 aliphatic carbocycles. The number of anilines is 1. The summed E-state index contributed by atoms with van der Waals surface area (Å²) >= 11 is 0. The highest BCUT2D eigenvalue weighted by molar-refractivity contribution is 7.89. The fraction of sp³-hybridized carbons (Fsp3) is 0.350. The number of rotatable bonds is 3. The molecule has 2 aromatic carbocycles. The molecular formula is C20H24N4O2S. The molecule has 0 atom stereocenters. The lowest BCUT2D eigenvalue weighted by Crippen LogP contribution is -2.48. The number of fused-ring (bicyclic) bond motifs is 1. The number of imidazole rings is 1. The maximum atomic E-state index is 13.0. The van der Waals surface area contributed by atoms with E-state index in [4.69, 9.17) is 0 Å². The van der Waals surface area contributed by atoms with Crippen molar-refractivity contribution in [2.75, 3.05) is 31.1 Å². The summed E-state index contributed by atoms with van der Waals surface area (Å²) in [5.41, 5.74) is 5.15. The topological polar surface area (TPSA) is 69.3 Å². The van der Waals surface area contributed by atoms with E-state index in [1.54, 1.807) is 16.4 Å². The van der Waals surface area contributed by atoms with Gasteiger partial charge in [-0.2, -0.15) is 4.31 Å². The lowest BCUT2D eigenvalue weighted by Gasteiger charge is -2.35. The first kappa shape index (κ1) is 18.0. The first-order valence-corrected chi connectivity index (χ1v) is 10.6. The Morgan fingerprint density at radius 3 is 2.37 bits per heavy atom. The molecule has 6 nitrogen and oxygen atoms in total. The van der Waals surface area contributed by atoms with Crippen LogP contribution in [0.3, 0.4) is 0 Å². The van der Waals surface area contributed by atoms with Crippen molar-refractivity contribution < 1.29 is 8.42 Å². The molecule has 0 radical (unpaired) electrons. The third kappa shape index (κ3) is 3.33. The fourth-order valence-corrected chi connectivity index (χ4v) is 5.04. The number of nitrogens with zero attached hydrogens (tertiary/aromatic N) is 3. The summed E-state index contributed by atoms with van der Waals surface area (Å²) in [6, 6.07) is 11.5. The highest BCUT2D eigenvalue weighted by Gasteiger charge is 2.28. The van der Waals surface area contributed by atoms with Gasteiger partial charge in [-0.3, -0.25) is 0 Å². The minimum atomic E-state index is -3.45. The van der Waals surface area contributed by atoms with Gasteiger partial charge in [-0.15, -0.1) is 0 Å². The Bertz CT molecular complexity index is 1100. The van der Waals surface area contributed by atoms with Crippen LogP contribution in [0.4, 0.5) is 5.69 Å². The Morgan fingerprint density at radius 2 is 1.67 bits per heavy atom. The van der Waals surface area contributed by atoms with E-state index in [-0.39, 0.29) is 0 Å². The van der Waals surface area contributed by atoms with Crippen LogP contribution in [-0.2, 0) is 10.0 Å². The van der Waals surface area contributed by atoms with Gasteiger partial charge in [-0.25, -0.2) is 13.4 Å². The summed E-state index contributed by atoms with van der Waals surface area (Å²) in [4.78, 5) is 10.3. The average Bonchev–Trinajstić information content (AvgIpc) is 3.03. The smallest absolute Gasteiger partial charge is 0.243 e. The summed E-state index contributed by atoms with van der Waals surface area (Å²) in [5.74, 6) is 0.895. The minimum absolute atomic E-state index is 0.383. The number of piperazine rings is 1. The van der Waals surface area contributed by atoms with Crippen LogP contribution < -0.4 is 4.90 Å². The van der Waals surface area contributed by atoms with Crippen LogP contribution in [-0.4, -0.2) is 48.9 Å². The van der Waals surface area contributed by atoms with Gasteiger partial charge in [-0.1, -0.05) is 6.07 Å². The van der Waals surface area contributed by atoms with E-state index in [0.717, 1.165) is 33.7 Å². The van der Waals surface area contributed by atoms with Crippen molar-refractivity contribution in [3.63, 3.8) is 0 Å². The summed E-state index contributed by atoms with van der Waals surface area (Å²) in [5, 5.41) is 0. The second-order valence-electron chi connectivity index (χ2n) is 7.16. The van der Waals surface area contributed by atoms with Gasteiger partial charge in [0.25, 0.3) is 0 Å². The van der Waals surface area contributed by atoms with Crippen LogP contribution in [0.25, 0.3) is 11.0 Å². The number of benzene rings is 2. The predicted octanol–water partition coefficient (Wildman–Crippen LogP) is 3.00. The van der Waals surface area contributed by atoms with E-state index < -0.39 is 10.0 Å². The van der Waals surface area contributed by atoms with Crippen molar-refractivity contribution >= 4 is 26.7 Å². The number of sulfonamides is 1. The van der Waals surface area contributed by atoms with Crippen molar-refractivity contribution in [1.29, 1.82) is 0 Å². The van der Waals surface area contributed by atoms with E-state index in [0.29, 0.717) is 31.1 Å². The van der Waals surface area contributed by atoms with Gasteiger partial charge in [0.15, 0.2) is 0 Å². The first-order chi connectivity index (χ1) is 12.8. The molecule has 0 amide bonds. The second kappa shape index (κ2) is 6.65. The number of H-pyrrole nitrogens is 1. The number of nitrogens with one attached hydrogen (secondary N) is 1. The predicted molar refractivity (Wildman–Crippen MR) is 108 cm³/mol. The lowest BCUT2D eigenvalue weighted by molar-refractivity contribution is 0.385. The van der Waals surface area contributed by atoms with Gasteiger partial charge in [0, 0.05) is 31.9 Å². The van der Waals surface area contributed by atoms with Gasteiger partial charge in [0.2, 0.25) is 10.0 Å². The van der Waals surface area contributed by atoms with Crippen molar-refractivity contribution in [3.8, 4) is 0 Å². The SMILES string of the molecule is Cc1nc2ccc(N3CCN(S(=O)(=O)c4ccc(C)c(C)c4)CC3)cc2[nH]1.